The quantitative estimate of drug-likeness (QED) is 0.601. The second-order valence-corrected chi connectivity index (χ2v) is 3.37. The molecule has 1 aliphatic carbocycles. The Bertz CT molecular complexity index is 390. The number of pyridine rings is 1. The Kier molecular flexibility index (Phi) is 2.40. The Morgan fingerprint density at radius 1 is 1.67 bits per heavy atom. The number of anilines is 1. The molecule has 1 N–H and O–H groups in total. The minimum absolute atomic E-state index is 0.123. The summed E-state index contributed by atoms with van der Waals surface area (Å²) >= 11 is 0. The van der Waals surface area contributed by atoms with Gasteiger partial charge in [0, 0.05) is 13.1 Å². The average molecular weight is 209 g/mol. The van der Waals surface area contributed by atoms with Gasteiger partial charge in [-0.05, 0) is 22.7 Å². The molecule has 2 rings (SSSR count). The van der Waals surface area contributed by atoms with Crippen LogP contribution in [0.3, 0.4) is 0 Å². The molecule has 6 heteroatoms. The average Bonchev–Trinajstić information content (AvgIpc) is 3.01. The summed E-state index contributed by atoms with van der Waals surface area (Å²) < 4.78 is 5.42. The van der Waals surface area contributed by atoms with Crippen molar-refractivity contribution in [2.45, 2.75) is 18.9 Å². The lowest BCUT2D eigenvalue weighted by atomic mass is 10.3. The van der Waals surface area contributed by atoms with E-state index in [9.17, 15) is 10.1 Å². The van der Waals surface area contributed by atoms with Gasteiger partial charge in [-0.1, -0.05) is 0 Å². The zero-order valence-corrected chi connectivity index (χ0v) is 8.27. The molecule has 0 atom stereocenters. The number of rotatable bonds is 4. The minimum atomic E-state index is -0.531. The van der Waals surface area contributed by atoms with Gasteiger partial charge in [-0.2, -0.15) is 0 Å². The number of aromatic nitrogens is 1. The summed E-state index contributed by atoms with van der Waals surface area (Å²) in [5.74, 6) is 0.0234. The first-order valence-corrected chi connectivity index (χ1v) is 4.69. The predicted octanol–water partition coefficient (Wildman–Crippen LogP) is 1.57. The zero-order chi connectivity index (χ0) is 10.8. The van der Waals surface area contributed by atoms with Gasteiger partial charge in [0.15, 0.2) is 6.20 Å². The number of nitrogens with one attached hydrogen (secondary N) is 1. The fourth-order valence-corrected chi connectivity index (χ4v) is 1.16. The van der Waals surface area contributed by atoms with E-state index in [2.05, 4.69) is 10.3 Å². The van der Waals surface area contributed by atoms with Gasteiger partial charge in [0.05, 0.1) is 11.8 Å². The minimum Gasteiger partial charge on any atom is -0.482 e. The maximum Gasteiger partial charge on any atom is 0.406 e. The van der Waals surface area contributed by atoms with Crippen LogP contribution in [-0.4, -0.2) is 23.1 Å². The molecule has 0 saturated heterocycles. The third-order valence-corrected chi connectivity index (χ3v) is 2.11. The lowest BCUT2D eigenvalue weighted by Crippen LogP contribution is -2.03. The van der Waals surface area contributed by atoms with E-state index in [1.807, 2.05) is 0 Å². The molecular weight excluding hydrogens is 198 g/mol. The molecule has 1 saturated carbocycles. The summed E-state index contributed by atoms with van der Waals surface area (Å²) in [5, 5.41) is 13.5. The molecule has 0 aliphatic heterocycles. The fraction of sp³-hybridized carbons (Fsp3) is 0.444. The van der Waals surface area contributed by atoms with Crippen molar-refractivity contribution in [1.29, 1.82) is 0 Å². The predicted molar refractivity (Wildman–Crippen MR) is 54.1 cm³/mol. The highest BCUT2D eigenvalue weighted by molar-refractivity contribution is 5.52. The standard InChI is InChI=1S/C9H11N3O3/c1-10-6-4-8(15-7-2-3-7)9(11-5-6)12(13)14/h4-5,7,10H,2-3H2,1H3. The largest absolute Gasteiger partial charge is 0.482 e. The van der Waals surface area contributed by atoms with Gasteiger partial charge in [-0.15, -0.1) is 0 Å². The van der Waals surface area contributed by atoms with Gasteiger partial charge < -0.3 is 20.2 Å². The van der Waals surface area contributed by atoms with E-state index in [0.29, 0.717) is 5.69 Å². The second kappa shape index (κ2) is 3.72. The molecule has 1 aromatic heterocycles. The summed E-state index contributed by atoms with van der Waals surface area (Å²) in [7, 11) is 1.73. The van der Waals surface area contributed by atoms with E-state index in [4.69, 9.17) is 4.74 Å². The van der Waals surface area contributed by atoms with Crippen molar-refractivity contribution < 1.29 is 9.66 Å². The lowest BCUT2D eigenvalue weighted by Gasteiger charge is -2.05. The van der Waals surface area contributed by atoms with Crippen molar-refractivity contribution in [2.24, 2.45) is 0 Å². The maximum absolute atomic E-state index is 10.7. The summed E-state index contributed by atoms with van der Waals surface area (Å²) in [6, 6.07) is 1.60. The van der Waals surface area contributed by atoms with E-state index >= 15 is 0 Å². The smallest absolute Gasteiger partial charge is 0.406 e. The third-order valence-electron chi connectivity index (χ3n) is 2.11. The van der Waals surface area contributed by atoms with Crippen LogP contribution in [0.15, 0.2) is 12.3 Å². The number of nitro groups is 1. The van der Waals surface area contributed by atoms with E-state index in [1.165, 1.54) is 6.20 Å². The van der Waals surface area contributed by atoms with Crippen molar-refractivity contribution >= 4 is 11.5 Å². The van der Waals surface area contributed by atoms with Crippen molar-refractivity contribution in [3.05, 3.63) is 22.4 Å². The third kappa shape index (κ3) is 2.15. The molecule has 1 aromatic rings. The van der Waals surface area contributed by atoms with Crippen molar-refractivity contribution in [1.82, 2.24) is 4.98 Å². The fourth-order valence-electron chi connectivity index (χ4n) is 1.16. The summed E-state index contributed by atoms with van der Waals surface area (Å²) in [6.07, 6.45) is 3.46. The molecule has 1 heterocycles. The molecule has 0 radical (unpaired) electrons. The molecule has 0 aromatic carbocycles. The van der Waals surface area contributed by atoms with Crippen molar-refractivity contribution in [2.75, 3.05) is 12.4 Å². The Labute approximate surface area is 86.4 Å². The van der Waals surface area contributed by atoms with Gasteiger partial charge >= 0.3 is 5.82 Å². The van der Waals surface area contributed by atoms with Crippen LogP contribution in [0.2, 0.25) is 0 Å². The number of hydrogen-bond acceptors (Lipinski definition) is 5. The lowest BCUT2D eigenvalue weighted by molar-refractivity contribution is -0.390. The molecule has 1 fully saturated rings. The molecule has 80 valence electrons. The van der Waals surface area contributed by atoms with E-state index in [-0.39, 0.29) is 17.7 Å². The zero-order valence-electron chi connectivity index (χ0n) is 8.27. The molecule has 15 heavy (non-hydrogen) atoms. The second-order valence-electron chi connectivity index (χ2n) is 3.37. The van der Waals surface area contributed by atoms with Crippen LogP contribution < -0.4 is 10.1 Å². The first-order valence-electron chi connectivity index (χ1n) is 4.69. The van der Waals surface area contributed by atoms with Crippen molar-refractivity contribution in [3.63, 3.8) is 0 Å². The van der Waals surface area contributed by atoms with E-state index in [1.54, 1.807) is 13.1 Å². The molecule has 0 unspecified atom stereocenters. The van der Waals surface area contributed by atoms with Crippen LogP contribution in [0, 0.1) is 10.1 Å². The van der Waals surface area contributed by atoms with Crippen LogP contribution in [-0.2, 0) is 0 Å². The molecule has 1 aliphatic rings. The molecular formula is C9H11N3O3. The highest BCUT2D eigenvalue weighted by Crippen LogP contribution is 2.33. The van der Waals surface area contributed by atoms with Crippen LogP contribution in [0.25, 0.3) is 0 Å². The first-order chi connectivity index (χ1) is 7.20. The molecule has 6 nitrogen and oxygen atoms in total. The van der Waals surface area contributed by atoms with Crippen LogP contribution in [0.4, 0.5) is 11.5 Å². The summed E-state index contributed by atoms with van der Waals surface area (Å²) in [5.41, 5.74) is 0.705. The monoisotopic (exact) mass is 209 g/mol. The number of hydrogen-bond donors (Lipinski definition) is 1. The van der Waals surface area contributed by atoms with Gasteiger partial charge in [-0.25, -0.2) is 0 Å². The van der Waals surface area contributed by atoms with Gasteiger partial charge in [0.25, 0.3) is 0 Å². The van der Waals surface area contributed by atoms with Crippen molar-refractivity contribution in [3.8, 4) is 5.75 Å². The highest BCUT2D eigenvalue weighted by Gasteiger charge is 2.28. The van der Waals surface area contributed by atoms with Gasteiger partial charge in [-0.3, -0.25) is 0 Å². The SMILES string of the molecule is CNc1cnc([N+](=O)[O-])c(OC2CC2)c1. The highest BCUT2D eigenvalue weighted by atomic mass is 16.6. The number of ether oxygens (including phenoxy) is 1. The summed E-state index contributed by atoms with van der Waals surface area (Å²) in [6.45, 7) is 0. The molecule has 0 amide bonds. The van der Waals surface area contributed by atoms with Crippen LogP contribution >= 0.6 is 0 Å². The van der Waals surface area contributed by atoms with Gasteiger partial charge in [0.2, 0.25) is 5.75 Å². The normalized spacial score (nSPS) is 14.7. The van der Waals surface area contributed by atoms with Gasteiger partial charge in [0.1, 0.15) is 0 Å². The topological polar surface area (TPSA) is 77.3 Å². The first kappa shape index (κ1) is 9.70. The molecule has 0 bridgehead atoms. The van der Waals surface area contributed by atoms with Crippen LogP contribution in [0.1, 0.15) is 12.8 Å². The maximum atomic E-state index is 10.7. The Balaban J connectivity index is 2.30. The number of nitrogens with zero attached hydrogens (tertiary/aromatic N) is 2. The van der Waals surface area contributed by atoms with E-state index < -0.39 is 4.92 Å². The molecule has 0 spiro atoms. The summed E-state index contributed by atoms with van der Waals surface area (Å²) in [4.78, 5) is 13.9. The Hall–Kier alpha value is -1.85. The van der Waals surface area contributed by atoms with E-state index in [0.717, 1.165) is 12.8 Å². The Morgan fingerprint density at radius 3 is 2.93 bits per heavy atom. The Morgan fingerprint density at radius 2 is 2.40 bits per heavy atom. The van der Waals surface area contributed by atoms with Crippen LogP contribution in [0.5, 0.6) is 5.75 Å².